The molecule has 1 N–H and O–H groups in total. The Morgan fingerprint density at radius 2 is 1.83 bits per heavy atom. The number of amides is 1. The van der Waals surface area contributed by atoms with Gasteiger partial charge in [-0.3, -0.25) is 9.69 Å². The summed E-state index contributed by atoms with van der Waals surface area (Å²) < 4.78 is 12.6. The van der Waals surface area contributed by atoms with E-state index in [1.54, 1.807) is 25.3 Å². The highest BCUT2D eigenvalue weighted by Crippen LogP contribution is 2.38. The van der Waals surface area contributed by atoms with Crippen LogP contribution < -0.4 is 9.47 Å². The fourth-order valence-corrected chi connectivity index (χ4v) is 4.80. The number of carbonyl (C=O) groups is 2. The van der Waals surface area contributed by atoms with E-state index in [-0.39, 0.29) is 11.5 Å². The Morgan fingerprint density at radius 1 is 1.08 bits per heavy atom. The topological polar surface area (TPSA) is 88.4 Å². The smallest absolute Gasteiger partial charge is 0.335 e. The van der Waals surface area contributed by atoms with Gasteiger partial charge >= 0.3 is 5.97 Å². The van der Waals surface area contributed by atoms with Gasteiger partial charge in [0.15, 0.2) is 16.7 Å². The van der Waals surface area contributed by atoms with Crippen molar-refractivity contribution in [3.05, 3.63) is 92.8 Å². The molecule has 0 saturated carbocycles. The number of aliphatic imine (C=N–C) groups is 1. The van der Waals surface area contributed by atoms with Crippen LogP contribution in [0.1, 0.15) is 28.4 Å². The Morgan fingerprint density at radius 3 is 2.56 bits per heavy atom. The SMILES string of the molecule is CCOc1cc(/C=C2\SC(=Nc3cccc(C(=O)O)c3)N(C)C2=O)c(Br)cc1OCc1ccccc1. The van der Waals surface area contributed by atoms with Gasteiger partial charge in [0.1, 0.15) is 6.61 Å². The lowest BCUT2D eigenvalue weighted by atomic mass is 10.1. The largest absolute Gasteiger partial charge is 0.490 e. The molecule has 36 heavy (non-hydrogen) atoms. The van der Waals surface area contributed by atoms with Crippen molar-refractivity contribution in [3.8, 4) is 11.5 Å². The van der Waals surface area contributed by atoms with Crippen LogP contribution in [0.4, 0.5) is 5.69 Å². The number of rotatable bonds is 8. The minimum Gasteiger partial charge on any atom is -0.490 e. The van der Waals surface area contributed by atoms with E-state index >= 15 is 0 Å². The number of hydrogen-bond donors (Lipinski definition) is 1. The summed E-state index contributed by atoms with van der Waals surface area (Å²) in [5.74, 6) is -0.0702. The van der Waals surface area contributed by atoms with Crippen molar-refractivity contribution in [2.24, 2.45) is 4.99 Å². The van der Waals surface area contributed by atoms with E-state index < -0.39 is 5.97 Å². The van der Waals surface area contributed by atoms with Crippen LogP contribution in [0.25, 0.3) is 6.08 Å². The number of carboxylic acid groups (broad SMARTS) is 1. The van der Waals surface area contributed by atoms with Crippen molar-refractivity contribution in [3.63, 3.8) is 0 Å². The normalized spacial score (nSPS) is 15.5. The summed E-state index contributed by atoms with van der Waals surface area (Å²) >= 11 is 4.81. The van der Waals surface area contributed by atoms with E-state index in [9.17, 15) is 14.7 Å². The minimum absolute atomic E-state index is 0.131. The highest BCUT2D eigenvalue weighted by Gasteiger charge is 2.30. The first-order valence-electron chi connectivity index (χ1n) is 11.1. The highest BCUT2D eigenvalue weighted by atomic mass is 79.9. The fraction of sp³-hybridized carbons (Fsp3) is 0.148. The maximum absolute atomic E-state index is 12.9. The second kappa shape index (κ2) is 11.5. The van der Waals surface area contributed by atoms with Crippen LogP contribution >= 0.6 is 27.7 Å². The van der Waals surface area contributed by atoms with Crippen molar-refractivity contribution in [1.29, 1.82) is 0 Å². The van der Waals surface area contributed by atoms with Gasteiger partial charge in [-0.1, -0.05) is 52.3 Å². The Bertz CT molecular complexity index is 1360. The first-order chi connectivity index (χ1) is 17.4. The first-order valence-corrected chi connectivity index (χ1v) is 12.7. The monoisotopic (exact) mass is 566 g/mol. The average molecular weight is 567 g/mol. The summed E-state index contributed by atoms with van der Waals surface area (Å²) in [7, 11) is 1.64. The van der Waals surface area contributed by atoms with Gasteiger partial charge < -0.3 is 14.6 Å². The number of ether oxygens (including phenoxy) is 2. The van der Waals surface area contributed by atoms with Crippen LogP contribution in [-0.4, -0.2) is 40.7 Å². The Kier molecular flexibility index (Phi) is 8.12. The molecule has 0 aromatic heterocycles. The Balaban J connectivity index is 1.60. The molecule has 1 heterocycles. The molecule has 1 fully saturated rings. The van der Waals surface area contributed by atoms with Gasteiger partial charge in [0.05, 0.1) is 22.8 Å². The van der Waals surface area contributed by atoms with E-state index in [0.717, 1.165) is 15.6 Å². The standard InChI is InChI=1S/C27H23BrN2O5S/c1-3-34-22-13-19(21(28)15-23(22)35-16-17-8-5-4-6-9-17)14-24-25(31)30(2)27(36-24)29-20-11-7-10-18(12-20)26(32)33/h4-15H,3,16H2,1-2H3,(H,32,33)/b24-14-,29-27?. The van der Waals surface area contributed by atoms with Crippen molar-refractivity contribution in [2.75, 3.05) is 13.7 Å². The van der Waals surface area contributed by atoms with Crippen LogP contribution in [0, 0.1) is 0 Å². The molecule has 0 spiro atoms. The molecule has 0 aliphatic carbocycles. The predicted molar refractivity (Wildman–Crippen MR) is 145 cm³/mol. The van der Waals surface area contributed by atoms with Gasteiger partial charge in [0.25, 0.3) is 5.91 Å². The van der Waals surface area contributed by atoms with Crippen molar-refractivity contribution in [1.82, 2.24) is 4.90 Å². The maximum atomic E-state index is 12.9. The van der Waals surface area contributed by atoms with Crippen molar-refractivity contribution < 1.29 is 24.2 Å². The van der Waals surface area contributed by atoms with E-state index in [0.29, 0.717) is 40.5 Å². The molecule has 9 heteroatoms. The number of nitrogens with zero attached hydrogens (tertiary/aromatic N) is 2. The number of aromatic carboxylic acids is 1. The summed E-state index contributed by atoms with van der Waals surface area (Å²) in [5, 5.41) is 9.67. The predicted octanol–water partition coefficient (Wildman–Crippen LogP) is 6.36. The lowest BCUT2D eigenvalue weighted by Crippen LogP contribution is -2.23. The highest BCUT2D eigenvalue weighted by molar-refractivity contribution is 9.10. The Labute approximate surface area is 221 Å². The lowest BCUT2D eigenvalue weighted by molar-refractivity contribution is -0.121. The second-order valence-corrected chi connectivity index (χ2v) is 9.62. The van der Waals surface area contributed by atoms with E-state index in [4.69, 9.17) is 9.47 Å². The maximum Gasteiger partial charge on any atom is 0.335 e. The number of amidine groups is 1. The molecule has 0 bridgehead atoms. The third kappa shape index (κ3) is 5.98. The van der Waals surface area contributed by atoms with E-state index in [2.05, 4.69) is 20.9 Å². The summed E-state index contributed by atoms with van der Waals surface area (Å²) in [6.45, 7) is 2.76. The number of hydrogen-bond acceptors (Lipinski definition) is 6. The number of carboxylic acids is 1. The molecule has 0 unspecified atom stereocenters. The number of benzene rings is 3. The van der Waals surface area contributed by atoms with E-state index in [1.807, 2.05) is 49.4 Å². The summed E-state index contributed by atoms with van der Waals surface area (Å²) in [5.41, 5.74) is 2.38. The number of halogens is 1. The molecule has 7 nitrogen and oxygen atoms in total. The van der Waals surface area contributed by atoms with E-state index in [1.165, 1.54) is 28.8 Å². The molecular formula is C27H23BrN2O5S. The summed E-state index contributed by atoms with van der Waals surface area (Å²) in [4.78, 5) is 30.6. The number of carbonyl (C=O) groups excluding carboxylic acids is 1. The molecular weight excluding hydrogens is 544 g/mol. The average Bonchev–Trinajstić information content (AvgIpc) is 3.13. The molecule has 1 aliphatic rings. The number of likely N-dealkylation sites (N-methyl/N-ethyl adjacent to an activating group) is 1. The molecule has 1 aliphatic heterocycles. The zero-order valence-corrected chi connectivity index (χ0v) is 22.0. The van der Waals surface area contributed by atoms with Crippen LogP contribution in [0.3, 0.4) is 0 Å². The zero-order valence-electron chi connectivity index (χ0n) is 19.6. The first kappa shape index (κ1) is 25.5. The quantitative estimate of drug-likeness (QED) is 0.319. The molecule has 1 saturated heterocycles. The van der Waals surface area contributed by atoms with Crippen LogP contribution in [0.15, 0.2) is 81.1 Å². The molecule has 3 aromatic carbocycles. The number of thioether (sulfide) groups is 1. The van der Waals surface area contributed by atoms with Gasteiger partial charge in [0.2, 0.25) is 0 Å². The fourth-order valence-electron chi connectivity index (χ4n) is 3.39. The van der Waals surface area contributed by atoms with Crippen LogP contribution in [0.2, 0.25) is 0 Å². The molecule has 0 atom stereocenters. The lowest BCUT2D eigenvalue weighted by Gasteiger charge is -2.14. The molecule has 1 amide bonds. The molecule has 3 aromatic rings. The second-order valence-electron chi connectivity index (χ2n) is 7.75. The summed E-state index contributed by atoms with van der Waals surface area (Å²) in [6, 6.07) is 19.8. The van der Waals surface area contributed by atoms with Crippen LogP contribution in [-0.2, 0) is 11.4 Å². The Hall–Kier alpha value is -3.56. The van der Waals surface area contributed by atoms with Gasteiger partial charge in [-0.25, -0.2) is 9.79 Å². The molecule has 4 rings (SSSR count). The molecule has 0 radical (unpaired) electrons. The van der Waals surface area contributed by atoms with Gasteiger partial charge in [-0.05, 0) is 66.2 Å². The molecule has 184 valence electrons. The van der Waals surface area contributed by atoms with Crippen LogP contribution in [0.5, 0.6) is 11.5 Å². The van der Waals surface area contributed by atoms with Gasteiger partial charge in [-0.15, -0.1) is 0 Å². The van der Waals surface area contributed by atoms with Crippen molar-refractivity contribution >= 4 is 56.5 Å². The van der Waals surface area contributed by atoms with Gasteiger partial charge in [-0.2, -0.15) is 0 Å². The zero-order chi connectivity index (χ0) is 25.7. The van der Waals surface area contributed by atoms with Crippen molar-refractivity contribution in [2.45, 2.75) is 13.5 Å². The van der Waals surface area contributed by atoms with Gasteiger partial charge in [0, 0.05) is 11.5 Å². The third-order valence-corrected chi connectivity index (χ3v) is 6.95. The minimum atomic E-state index is -1.03. The third-order valence-electron chi connectivity index (χ3n) is 5.21. The summed E-state index contributed by atoms with van der Waals surface area (Å²) in [6.07, 6.45) is 1.77.